The van der Waals surface area contributed by atoms with Crippen LogP contribution in [0.15, 0.2) is 48.5 Å². The van der Waals surface area contributed by atoms with Crippen molar-refractivity contribution >= 4 is 21.5 Å². The van der Waals surface area contributed by atoms with Gasteiger partial charge in [-0.3, -0.25) is 0 Å². The molecule has 2 atom stereocenters. The zero-order valence-electron chi connectivity index (χ0n) is 20.2. The van der Waals surface area contributed by atoms with Gasteiger partial charge in [0.25, 0.3) is 0 Å². The van der Waals surface area contributed by atoms with Gasteiger partial charge < -0.3 is 18.9 Å². The minimum absolute atomic E-state index is 0.230. The van der Waals surface area contributed by atoms with Gasteiger partial charge in [0.15, 0.2) is 0 Å². The predicted octanol–water partition coefficient (Wildman–Crippen LogP) is 6.45. The Hall–Kier alpha value is -3.08. The number of fused-ring (bicyclic) bond motifs is 2. The molecular weight excluding hydrogens is 424 g/mol. The first-order valence-electron chi connectivity index (χ1n) is 12.1. The monoisotopic (exact) mass is 454 g/mol. The normalized spacial score (nSPS) is 18.9. The number of rotatable bonds is 7. The third-order valence-electron chi connectivity index (χ3n) is 7.01. The van der Waals surface area contributed by atoms with E-state index < -0.39 is 0 Å². The lowest BCUT2D eigenvalue weighted by Gasteiger charge is -2.20. The second-order valence-corrected chi connectivity index (χ2v) is 9.64. The van der Waals surface area contributed by atoms with Gasteiger partial charge in [0.1, 0.15) is 36.9 Å². The summed E-state index contributed by atoms with van der Waals surface area (Å²) < 4.78 is 23.2. The Morgan fingerprint density at radius 1 is 0.676 bits per heavy atom. The highest BCUT2D eigenvalue weighted by molar-refractivity contribution is 6.09. The van der Waals surface area contributed by atoms with E-state index >= 15 is 0 Å². The van der Waals surface area contributed by atoms with E-state index in [2.05, 4.69) is 76.2 Å². The molecule has 4 aromatic carbocycles. The second-order valence-electron chi connectivity index (χ2n) is 9.64. The summed E-state index contributed by atoms with van der Waals surface area (Å²) in [6.45, 7) is 11.4. The topological polar surface area (TPSA) is 43.5 Å². The molecule has 0 saturated carbocycles. The molecule has 2 unspecified atom stereocenters. The minimum atomic E-state index is 0.230. The zero-order valence-corrected chi connectivity index (χ0v) is 20.2. The molecule has 4 heteroatoms. The molecule has 0 amide bonds. The van der Waals surface area contributed by atoms with E-state index in [1.807, 2.05) is 0 Å². The minimum Gasteiger partial charge on any atom is -0.490 e. The van der Waals surface area contributed by atoms with Gasteiger partial charge in [0.2, 0.25) is 0 Å². The van der Waals surface area contributed by atoms with Crippen molar-refractivity contribution in [2.45, 2.75) is 39.9 Å². The zero-order chi connectivity index (χ0) is 23.4. The lowest BCUT2D eigenvalue weighted by molar-refractivity contribution is 0.261. The van der Waals surface area contributed by atoms with Gasteiger partial charge in [-0.1, -0.05) is 36.4 Å². The largest absolute Gasteiger partial charge is 0.490 e. The van der Waals surface area contributed by atoms with Gasteiger partial charge in [-0.2, -0.15) is 0 Å². The van der Waals surface area contributed by atoms with Crippen LogP contribution in [0, 0.1) is 27.7 Å². The van der Waals surface area contributed by atoms with Crippen LogP contribution in [0.5, 0.6) is 11.5 Å². The van der Waals surface area contributed by atoms with E-state index in [1.165, 1.54) is 43.8 Å². The molecule has 2 fully saturated rings. The fraction of sp³-hybridized carbons (Fsp3) is 0.333. The summed E-state index contributed by atoms with van der Waals surface area (Å²) in [5.41, 5.74) is 7.11. The summed E-state index contributed by atoms with van der Waals surface area (Å²) in [4.78, 5) is 0. The molecule has 2 aliphatic rings. The van der Waals surface area contributed by atoms with Crippen LogP contribution in [-0.4, -0.2) is 38.6 Å². The fourth-order valence-corrected chi connectivity index (χ4v) is 5.21. The molecular formula is C30H30O4. The Labute approximate surface area is 200 Å². The summed E-state index contributed by atoms with van der Waals surface area (Å²) in [7, 11) is 0. The van der Waals surface area contributed by atoms with E-state index in [0.29, 0.717) is 13.2 Å². The molecule has 174 valence electrons. The average molecular weight is 455 g/mol. The van der Waals surface area contributed by atoms with Gasteiger partial charge in [0.05, 0.1) is 13.2 Å². The molecule has 0 N–H and O–H groups in total. The Kier molecular flexibility index (Phi) is 5.23. The first kappa shape index (κ1) is 21.5. The van der Waals surface area contributed by atoms with Gasteiger partial charge >= 0.3 is 0 Å². The van der Waals surface area contributed by atoms with Crippen molar-refractivity contribution in [1.82, 2.24) is 0 Å². The molecule has 0 bridgehead atoms. The van der Waals surface area contributed by atoms with Gasteiger partial charge in [0, 0.05) is 0 Å². The van der Waals surface area contributed by atoms with E-state index in [9.17, 15) is 0 Å². The highest BCUT2D eigenvalue weighted by Gasteiger charge is 2.25. The van der Waals surface area contributed by atoms with E-state index in [4.69, 9.17) is 18.9 Å². The predicted molar refractivity (Wildman–Crippen MR) is 136 cm³/mol. The number of hydrogen-bond acceptors (Lipinski definition) is 4. The van der Waals surface area contributed by atoms with Crippen LogP contribution < -0.4 is 9.47 Å². The number of hydrogen-bond donors (Lipinski definition) is 0. The summed E-state index contributed by atoms with van der Waals surface area (Å²) in [6, 6.07) is 17.6. The second kappa shape index (κ2) is 8.30. The van der Waals surface area contributed by atoms with Crippen molar-refractivity contribution in [3.8, 4) is 22.6 Å². The Balaban J connectivity index is 1.54. The molecule has 4 nitrogen and oxygen atoms in total. The number of epoxide rings is 2. The van der Waals surface area contributed by atoms with Crippen LogP contribution in [0.3, 0.4) is 0 Å². The molecule has 2 aliphatic heterocycles. The maximum absolute atomic E-state index is 6.24. The Morgan fingerprint density at radius 3 is 1.47 bits per heavy atom. The molecule has 2 saturated heterocycles. The Bertz CT molecular complexity index is 1300. The van der Waals surface area contributed by atoms with E-state index in [-0.39, 0.29) is 12.2 Å². The summed E-state index contributed by atoms with van der Waals surface area (Å²) in [5.74, 6) is 1.94. The summed E-state index contributed by atoms with van der Waals surface area (Å²) in [6.07, 6.45) is 0.460. The fourth-order valence-electron chi connectivity index (χ4n) is 5.21. The summed E-state index contributed by atoms with van der Waals surface area (Å²) >= 11 is 0. The van der Waals surface area contributed by atoms with Gasteiger partial charge in [-0.15, -0.1) is 0 Å². The number of ether oxygens (including phenoxy) is 4. The highest BCUT2D eigenvalue weighted by Crippen LogP contribution is 2.42. The molecule has 0 aromatic heterocycles. The molecule has 0 radical (unpaired) electrons. The van der Waals surface area contributed by atoms with Crippen molar-refractivity contribution in [1.29, 1.82) is 0 Å². The SMILES string of the molecule is Cc1cc2cccc(-c3cccc4cc(C)c(OCC5CO5)c(C)c34)c2c(C)c1OCC1CO1. The van der Waals surface area contributed by atoms with Crippen molar-refractivity contribution in [3.05, 3.63) is 70.8 Å². The maximum Gasteiger partial charge on any atom is 0.125 e. The molecule has 0 aliphatic carbocycles. The third-order valence-corrected chi connectivity index (χ3v) is 7.01. The molecule has 34 heavy (non-hydrogen) atoms. The van der Waals surface area contributed by atoms with Crippen LogP contribution >= 0.6 is 0 Å². The molecule has 0 spiro atoms. The van der Waals surface area contributed by atoms with Crippen molar-refractivity contribution in [2.75, 3.05) is 26.4 Å². The molecule has 4 aromatic rings. The lowest BCUT2D eigenvalue weighted by Crippen LogP contribution is -2.07. The number of benzene rings is 4. The lowest BCUT2D eigenvalue weighted by atomic mass is 9.88. The van der Waals surface area contributed by atoms with E-state index in [1.54, 1.807) is 0 Å². The van der Waals surface area contributed by atoms with Crippen LogP contribution in [0.25, 0.3) is 32.7 Å². The van der Waals surface area contributed by atoms with E-state index in [0.717, 1.165) is 35.8 Å². The van der Waals surface area contributed by atoms with Gasteiger partial charge in [-0.05, 0) is 94.8 Å². The van der Waals surface area contributed by atoms with Crippen molar-refractivity contribution < 1.29 is 18.9 Å². The first-order chi connectivity index (χ1) is 16.5. The number of aryl methyl sites for hydroxylation is 4. The average Bonchev–Trinajstić information content (AvgIpc) is 3.73. The smallest absolute Gasteiger partial charge is 0.125 e. The van der Waals surface area contributed by atoms with Crippen LogP contribution in [0.4, 0.5) is 0 Å². The quantitative estimate of drug-likeness (QED) is 0.301. The Morgan fingerprint density at radius 2 is 1.09 bits per heavy atom. The highest BCUT2D eigenvalue weighted by atomic mass is 16.6. The summed E-state index contributed by atoms with van der Waals surface area (Å²) in [5, 5.41) is 4.93. The van der Waals surface area contributed by atoms with Crippen molar-refractivity contribution in [2.24, 2.45) is 0 Å². The third kappa shape index (κ3) is 3.81. The van der Waals surface area contributed by atoms with Crippen LogP contribution in [-0.2, 0) is 9.47 Å². The first-order valence-corrected chi connectivity index (χ1v) is 12.1. The van der Waals surface area contributed by atoms with Crippen LogP contribution in [0.2, 0.25) is 0 Å². The molecule has 2 heterocycles. The molecule has 6 rings (SSSR count). The maximum atomic E-state index is 6.24. The van der Waals surface area contributed by atoms with Crippen molar-refractivity contribution in [3.63, 3.8) is 0 Å². The van der Waals surface area contributed by atoms with Crippen LogP contribution in [0.1, 0.15) is 22.3 Å². The standard InChI is InChI=1S/C30H30O4/c1-17-11-21-7-5-9-25(27(21)19(3)29(17)33-15-23-13-31-23)26-10-6-8-22-12-18(2)30(20(4)28(22)26)34-16-24-14-32-24/h5-12,23-24H,13-16H2,1-4H3. The van der Waals surface area contributed by atoms with Gasteiger partial charge in [-0.25, -0.2) is 0 Å².